The molecule has 1 unspecified atom stereocenters. The van der Waals surface area contributed by atoms with Crippen LogP contribution in [0.3, 0.4) is 0 Å². The van der Waals surface area contributed by atoms with E-state index in [1.165, 1.54) is 0 Å². The average molecular weight is 297 g/mol. The molecule has 1 atom stereocenters. The summed E-state index contributed by atoms with van der Waals surface area (Å²) in [7, 11) is 0. The summed E-state index contributed by atoms with van der Waals surface area (Å²) in [5.41, 5.74) is 0.940. The van der Waals surface area contributed by atoms with Gasteiger partial charge < -0.3 is 15.4 Å². The zero-order valence-electron chi connectivity index (χ0n) is 11.5. The molecule has 0 saturated carbocycles. The van der Waals surface area contributed by atoms with Crippen LogP contribution in [-0.4, -0.2) is 31.7 Å². The van der Waals surface area contributed by atoms with E-state index in [1.807, 2.05) is 24.3 Å². The molecule has 0 aromatic heterocycles. The quantitative estimate of drug-likeness (QED) is 0.758. The van der Waals surface area contributed by atoms with Gasteiger partial charge in [0, 0.05) is 37.7 Å². The highest BCUT2D eigenvalue weighted by Gasteiger charge is 2.14. The fourth-order valence-electron chi connectivity index (χ4n) is 2.19. The monoisotopic (exact) mass is 296 g/mol. The van der Waals surface area contributed by atoms with E-state index in [0.29, 0.717) is 30.6 Å². The number of nitrogens with one attached hydrogen (secondary N) is 2. The third-order valence-electron chi connectivity index (χ3n) is 3.36. The summed E-state index contributed by atoms with van der Waals surface area (Å²) in [6.07, 6.45) is 3.05. The molecule has 1 aromatic carbocycles. The van der Waals surface area contributed by atoms with Crippen LogP contribution in [0.5, 0.6) is 0 Å². The molecular formula is C15H21ClN2O2. The molecule has 0 aliphatic carbocycles. The van der Waals surface area contributed by atoms with Crippen molar-refractivity contribution >= 4 is 17.5 Å². The molecule has 1 saturated heterocycles. The normalized spacial score (nSPS) is 18.1. The van der Waals surface area contributed by atoms with Gasteiger partial charge in [-0.05, 0) is 24.5 Å². The minimum absolute atomic E-state index is 0.0322. The van der Waals surface area contributed by atoms with E-state index in [1.54, 1.807) is 0 Å². The first-order chi connectivity index (χ1) is 9.75. The fourth-order valence-corrected chi connectivity index (χ4v) is 2.40. The third kappa shape index (κ3) is 5.12. The molecule has 2 rings (SSSR count). The molecule has 4 nitrogen and oxygen atoms in total. The lowest BCUT2D eigenvalue weighted by Gasteiger charge is -2.11. The molecule has 110 valence electrons. The van der Waals surface area contributed by atoms with Gasteiger partial charge in [-0.25, -0.2) is 0 Å². The summed E-state index contributed by atoms with van der Waals surface area (Å²) in [6.45, 7) is 2.85. The average Bonchev–Trinajstić information content (AvgIpc) is 2.96. The van der Waals surface area contributed by atoms with Crippen molar-refractivity contribution < 1.29 is 9.53 Å². The summed E-state index contributed by atoms with van der Waals surface area (Å²) in [4.78, 5) is 11.7. The highest BCUT2D eigenvalue weighted by atomic mass is 35.5. The third-order valence-corrected chi connectivity index (χ3v) is 3.73. The van der Waals surface area contributed by atoms with Gasteiger partial charge in [-0.3, -0.25) is 4.79 Å². The Balaban J connectivity index is 1.57. The van der Waals surface area contributed by atoms with E-state index in [-0.39, 0.29) is 5.91 Å². The van der Waals surface area contributed by atoms with Gasteiger partial charge >= 0.3 is 0 Å². The topological polar surface area (TPSA) is 50.4 Å². The summed E-state index contributed by atoms with van der Waals surface area (Å²) in [5.74, 6) is 0.0322. The van der Waals surface area contributed by atoms with Crippen LogP contribution in [0.25, 0.3) is 0 Å². The smallest absolute Gasteiger partial charge is 0.221 e. The first-order valence-corrected chi connectivity index (χ1v) is 7.46. The number of carbonyl (C=O) groups excluding carboxylic acids is 1. The second kappa shape index (κ2) is 8.25. The molecular weight excluding hydrogens is 276 g/mol. The van der Waals surface area contributed by atoms with Crippen LogP contribution in [0.1, 0.15) is 24.8 Å². The Morgan fingerprint density at radius 2 is 2.25 bits per heavy atom. The van der Waals surface area contributed by atoms with E-state index < -0.39 is 0 Å². The standard InChI is InChI=1S/C15H21ClN2O2/c16-14-6-2-1-4-12(14)10-18-15(19)7-8-17-11-13-5-3-9-20-13/h1-2,4,6,13,17H,3,5,7-11H2,(H,18,19). The maximum Gasteiger partial charge on any atom is 0.221 e. The van der Waals surface area contributed by atoms with Crippen molar-refractivity contribution in [2.24, 2.45) is 0 Å². The summed E-state index contributed by atoms with van der Waals surface area (Å²) in [5, 5.41) is 6.81. The van der Waals surface area contributed by atoms with Crippen molar-refractivity contribution in [2.75, 3.05) is 19.7 Å². The fraction of sp³-hybridized carbons (Fsp3) is 0.533. The number of halogens is 1. The lowest BCUT2D eigenvalue weighted by atomic mass is 10.2. The van der Waals surface area contributed by atoms with Gasteiger partial charge in [0.05, 0.1) is 6.10 Å². The Morgan fingerprint density at radius 3 is 3.00 bits per heavy atom. The van der Waals surface area contributed by atoms with E-state index in [9.17, 15) is 4.79 Å². The largest absolute Gasteiger partial charge is 0.377 e. The molecule has 1 aromatic rings. The SMILES string of the molecule is O=C(CCNCC1CCCO1)NCc1ccccc1Cl. The number of rotatable bonds is 7. The van der Waals surface area contributed by atoms with Crippen LogP contribution in [0.15, 0.2) is 24.3 Å². The van der Waals surface area contributed by atoms with E-state index >= 15 is 0 Å². The molecule has 5 heteroatoms. The first-order valence-electron chi connectivity index (χ1n) is 7.08. The molecule has 2 N–H and O–H groups in total. The zero-order valence-corrected chi connectivity index (χ0v) is 12.3. The van der Waals surface area contributed by atoms with E-state index in [2.05, 4.69) is 10.6 Å². The summed E-state index contributed by atoms with van der Waals surface area (Å²) < 4.78 is 5.50. The number of ether oxygens (including phenoxy) is 1. The molecule has 1 heterocycles. The van der Waals surface area contributed by atoms with Gasteiger partial charge in [0.25, 0.3) is 0 Å². The lowest BCUT2D eigenvalue weighted by molar-refractivity contribution is -0.121. The Kier molecular flexibility index (Phi) is 6.30. The molecule has 1 aliphatic rings. The Labute approximate surface area is 124 Å². The van der Waals surface area contributed by atoms with Gasteiger partial charge in [-0.1, -0.05) is 29.8 Å². The second-order valence-corrected chi connectivity index (χ2v) is 5.36. The minimum atomic E-state index is 0.0322. The maximum atomic E-state index is 11.7. The number of hydrogen-bond donors (Lipinski definition) is 2. The molecule has 1 fully saturated rings. The number of carbonyl (C=O) groups is 1. The molecule has 1 aliphatic heterocycles. The van der Waals surface area contributed by atoms with Gasteiger partial charge in [-0.15, -0.1) is 0 Å². The highest BCUT2D eigenvalue weighted by molar-refractivity contribution is 6.31. The Bertz CT molecular complexity index is 434. The van der Waals surface area contributed by atoms with Crippen LogP contribution in [0.2, 0.25) is 5.02 Å². The summed E-state index contributed by atoms with van der Waals surface area (Å²) >= 11 is 6.03. The minimum Gasteiger partial charge on any atom is -0.377 e. The predicted octanol–water partition coefficient (Wildman–Crippen LogP) is 2.11. The maximum absolute atomic E-state index is 11.7. The molecule has 0 radical (unpaired) electrons. The van der Waals surface area contributed by atoms with Crippen LogP contribution in [0.4, 0.5) is 0 Å². The molecule has 1 amide bonds. The van der Waals surface area contributed by atoms with Gasteiger partial charge in [0.15, 0.2) is 0 Å². The zero-order chi connectivity index (χ0) is 14.2. The van der Waals surface area contributed by atoms with E-state index in [0.717, 1.165) is 31.6 Å². The second-order valence-electron chi connectivity index (χ2n) is 4.96. The summed E-state index contributed by atoms with van der Waals surface area (Å²) in [6, 6.07) is 7.53. The number of amides is 1. The van der Waals surface area contributed by atoms with Crippen LogP contribution >= 0.6 is 11.6 Å². The van der Waals surface area contributed by atoms with Gasteiger partial charge in [0.2, 0.25) is 5.91 Å². The van der Waals surface area contributed by atoms with Crippen molar-refractivity contribution in [2.45, 2.75) is 31.9 Å². The Hall–Kier alpha value is -1.10. The lowest BCUT2D eigenvalue weighted by Crippen LogP contribution is -2.31. The van der Waals surface area contributed by atoms with Crippen LogP contribution in [-0.2, 0) is 16.1 Å². The first kappa shape index (κ1) is 15.3. The number of benzene rings is 1. The Morgan fingerprint density at radius 1 is 1.40 bits per heavy atom. The van der Waals surface area contributed by atoms with Crippen molar-refractivity contribution in [3.05, 3.63) is 34.9 Å². The van der Waals surface area contributed by atoms with Crippen molar-refractivity contribution in [1.82, 2.24) is 10.6 Å². The van der Waals surface area contributed by atoms with Crippen LogP contribution < -0.4 is 10.6 Å². The van der Waals surface area contributed by atoms with Gasteiger partial charge in [-0.2, -0.15) is 0 Å². The number of hydrogen-bond acceptors (Lipinski definition) is 3. The van der Waals surface area contributed by atoms with E-state index in [4.69, 9.17) is 16.3 Å². The van der Waals surface area contributed by atoms with Crippen molar-refractivity contribution in [3.63, 3.8) is 0 Å². The van der Waals surface area contributed by atoms with Crippen molar-refractivity contribution in [3.8, 4) is 0 Å². The molecule has 0 bridgehead atoms. The molecule has 20 heavy (non-hydrogen) atoms. The molecule has 0 spiro atoms. The van der Waals surface area contributed by atoms with Crippen molar-refractivity contribution in [1.29, 1.82) is 0 Å². The highest BCUT2D eigenvalue weighted by Crippen LogP contribution is 2.14. The van der Waals surface area contributed by atoms with Crippen LogP contribution in [0, 0.1) is 0 Å². The predicted molar refractivity (Wildman–Crippen MR) is 79.8 cm³/mol. The van der Waals surface area contributed by atoms with Gasteiger partial charge in [0.1, 0.15) is 0 Å².